The van der Waals surface area contributed by atoms with Crippen LogP contribution in [0.25, 0.3) is 0 Å². The van der Waals surface area contributed by atoms with Crippen molar-refractivity contribution in [1.82, 2.24) is 0 Å². The van der Waals surface area contributed by atoms with Gasteiger partial charge in [0.2, 0.25) is 0 Å². The molecule has 0 N–H and O–H groups in total. The van der Waals surface area contributed by atoms with Gasteiger partial charge in [0.05, 0.1) is 14.2 Å². The standard InChI is InChI=1S/C18H26O7Si/c1-22-15(19)11-12-18(16(20)23-2,25-26(3,4)5)17(21)24-13-14-9-7-6-8-10-14/h6-10H,11-13H2,1-5H3. The van der Waals surface area contributed by atoms with E-state index >= 15 is 0 Å². The van der Waals surface area contributed by atoms with E-state index in [-0.39, 0.29) is 19.4 Å². The quantitative estimate of drug-likeness (QED) is 0.280. The zero-order valence-electron chi connectivity index (χ0n) is 15.9. The molecule has 8 heteroatoms. The molecule has 1 rings (SSSR count). The lowest BCUT2D eigenvalue weighted by Gasteiger charge is -2.34. The van der Waals surface area contributed by atoms with Gasteiger partial charge in [-0.05, 0) is 25.2 Å². The van der Waals surface area contributed by atoms with E-state index in [9.17, 15) is 14.4 Å². The van der Waals surface area contributed by atoms with Gasteiger partial charge < -0.3 is 18.6 Å². The minimum Gasteiger partial charge on any atom is -0.469 e. The smallest absolute Gasteiger partial charge is 0.349 e. The molecule has 0 aliphatic rings. The largest absolute Gasteiger partial charge is 0.469 e. The molecule has 1 aromatic carbocycles. The molecule has 26 heavy (non-hydrogen) atoms. The topological polar surface area (TPSA) is 88.1 Å². The molecule has 0 spiro atoms. The first-order chi connectivity index (χ1) is 12.1. The van der Waals surface area contributed by atoms with Gasteiger partial charge in [-0.1, -0.05) is 30.3 Å². The number of benzene rings is 1. The highest BCUT2D eigenvalue weighted by molar-refractivity contribution is 6.70. The Morgan fingerprint density at radius 2 is 1.58 bits per heavy atom. The van der Waals surface area contributed by atoms with E-state index in [1.54, 1.807) is 12.1 Å². The Kier molecular flexibility index (Phi) is 7.97. The molecular weight excluding hydrogens is 356 g/mol. The third-order valence-electron chi connectivity index (χ3n) is 3.45. The fourth-order valence-corrected chi connectivity index (χ4v) is 3.64. The Labute approximate surface area is 154 Å². The molecule has 0 saturated heterocycles. The number of rotatable bonds is 9. The number of hydrogen-bond donors (Lipinski definition) is 0. The van der Waals surface area contributed by atoms with Gasteiger partial charge in [0, 0.05) is 12.8 Å². The van der Waals surface area contributed by atoms with Crippen molar-refractivity contribution in [1.29, 1.82) is 0 Å². The maximum Gasteiger partial charge on any atom is 0.349 e. The van der Waals surface area contributed by atoms with Crippen LogP contribution in [0.3, 0.4) is 0 Å². The molecule has 1 atom stereocenters. The lowest BCUT2D eigenvalue weighted by molar-refractivity contribution is -0.181. The minimum atomic E-state index is -2.38. The first-order valence-electron chi connectivity index (χ1n) is 8.21. The van der Waals surface area contributed by atoms with Gasteiger partial charge in [0.1, 0.15) is 6.61 Å². The number of carbonyl (C=O) groups excluding carboxylic acids is 3. The Hall–Kier alpha value is -2.19. The molecule has 0 heterocycles. The molecule has 1 unspecified atom stereocenters. The van der Waals surface area contributed by atoms with Crippen LogP contribution in [-0.2, 0) is 39.6 Å². The Balaban J connectivity index is 3.10. The normalized spacial score (nSPS) is 13.4. The number of esters is 3. The van der Waals surface area contributed by atoms with Gasteiger partial charge in [-0.3, -0.25) is 4.79 Å². The van der Waals surface area contributed by atoms with Gasteiger partial charge in [0.15, 0.2) is 8.32 Å². The summed E-state index contributed by atoms with van der Waals surface area (Å²) < 4.78 is 20.7. The number of hydrogen-bond acceptors (Lipinski definition) is 7. The lowest BCUT2D eigenvalue weighted by atomic mass is 9.98. The van der Waals surface area contributed by atoms with Crippen molar-refractivity contribution < 1.29 is 33.0 Å². The van der Waals surface area contributed by atoms with Crippen LogP contribution in [0.4, 0.5) is 0 Å². The highest BCUT2D eigenvalue weighted by atomic mass is 28.4. The molecule has 144 valence electrons. The van der Waals surface area contributed by atoms with Crippen molar-refractivity contribution in [2.45, 2.75) is 44.7 Å². The molecule has 0 saturated carbocycles. The van der Waals surface area contributed by atoms with Crippen LogP contribution in [0.15, 0.2) is 30.3 Å². The van der Waals surface area contributed by atoms with Gasteiger partial charge in [-0.25, -0.2) is 9.59 Å². The molecule has 0 aliphatic heterocycles. The first-order valence-corrected chi connectivity index (χ1v) is 11.6. The Bertz CT molecular complexity index is 624. The summed E-state index contributed by atoms with van der Waals surface area (Å²) in [5, 5.41) is 0. The monoisotopic (exact) mass is 382 g/mol. The third kappa shape index (κ3) is 6.27. The van der Waals surface area contributed by atoms with E-state index in [0.717, 1.165) is 12.7 Å². The van der Waals surface area contributed by atoms with Crippen LogP contribution in [0.5, 0.6) is 0 Å². The Morgan fingerprint density at radius 3 is 2.08 bits per heavy atom. The predicted molar refractivity (Wildman–Crippen MR) is 96.7 cm³/mol. The Morgan fingerprint density at radius 1 is 0.962 bits per heavy atom. The van der Waals surface area contributed by atoms with Crippen molar-refractivity contribution in [2.24, 2.45) is 0 Å². The van der Waals surface area contributed by atoms with Gasteiger partial charge >= 0.3 is 17.9 Å². The van der Waals surface area contributed by atoms with Crippen molar-refractivity contribution in [3.05, 3.63) is 35.9 Å². The summed E-state index contributed by atoms with van der Waals surface area (Å²) in [6.45, 7) is 5.46. The summed E-state index contributed by atoms with van der Waals surface area (Å²) in [6, 6.07) is 9.05. The molecule has 0 bridgehead atoms. The number of ether oxygens (including phenoxy) is 3. The fraction of sp³-hybridized carbons (Fsp3) is 0.500. The van der Waals surface area contributed by atoms with Crippen LogP contribution < -0.4 is 0 Å². The van der Waals surface area contributed by atoms with E-state index in [0.29, 0.717) is 0 Å². The molecule has 0 radical (unpaired) electrons. The van der Waals surface area contributed by atoms with Crippen molar-refractivity contribution in [2.75, 3.05) is 14.2 Å². The second-order valence-corrected chi connectivity index (χ2v) is 11.1. The SMILES string of the molecule is COC(=O)CCC(O[Si](C)(C)C)(C(=O)OC)C(=O)OCc1ccccc1. The molecular formula is C18H26O7Si. The molecule has 7 nitrogen and oxygen atoms in total. The average Bonchev–Trinajstić information content (AvgIpc) is 2.61. The summed E-state index contributed by atoms with van der Waals surface area (Å²) in [6.07, 6.45) is -0.402. The summed E-state index contributed by atoms with van der Waals surface area (Å²) in [5.41, 5.74) is -1.23. The van der Waals surface area contributed by atoms with Crippen molar-refractivity contribution in [3.63, 3.8) is 0 Å². The third-order valence-corrected chi connectivity index (χ3v) is 4.41. The van der Waals surface area contributed by atoms with E-state index in [2.05, 4.69) is 4.74 Å². The lowest BCUT2D eigenvalue weighted by Crippen LogP contribution is -2.56. The second-order valence-electron chi connectivity index (χ2n) is 6.67. The summed E-state index contributed by atoms with van der Waals surface area (Å²) >= 11 is 0. The minimum absolute atomic E-state index is 0.0221. The molecule has 0 fully saturated rings. The van der Waals surface area contributed by atoms with Gasteiger partial charge in [-0.2, -0.15) is 0 Å². The highest BCUT2D eigenvalue weighted by Crippen LogP contribution is 2.28. The van der Waals surface area contributed by atoms with Gasteiger partial charge in [-0.15, -0.1) is 0 Å². The zero-order valence-corrected chi connectivity index (χ0v) is 16.9. The van der Waals surface area contributed by atoms with Crippen LogP contribution in [0.2, 0.25) is 19.6 Å². The molecule has 0 aromatic heterocycles. The second kappa shape index (κ2) is 9.49. The summed E-state index contributed by atoms with van der Waals surface area (Å²) in [7, 11) is 0.0126. The number of carbonyl (C=O) groups is 3. The van der Waals surface area contributed by atoms with Crippen LogP contribution >= 0.6 is 0 Å². The first kappa shape index (κ1) is 21.8. The van der Waals surface area contributed by atoms with E-state index in [4.69, 9.17) is 13.9 Å². The fourth-order valence-electron chi connectivity index (χ4n) is 2.33. The van der Waals surface area contributed by atoms with Crippen molar-refractivity contribution >= 4 is 26.2 Å². The van der Waals surface area contributed by atoms with Crippen LogP contribution in [0, 0.1) is 0 Å². The zero-order chi connectivity index (χ0) is 19.8. The summed E-state index contributed by atoms with van der Waals surface area (Å²) in [4.78, 5) is 36.9. The van der Waals surface area contributed by atoms with Crippen molar-refractivity contribution in [3.8, 4) is 0 Å². The molecule has 0 aliphatic carbocycles. The maximum absolute atomic E-state index is 12.8. The maximum atomic E-state index is 12.8. The van der Waals surface area contributed by atoms with Crippen LogP contribution in [0.1, 0.15) is 18.4 Å². The predicted octanol–water partition coefficient (Wildman–Crippen LogP) is 2.45. The summed E-state index contributed by atoms with van der Waals surface area (Å²) in [5.74, 6) is -2.32. The van der Waals surface area contributed by atoms with Gasteiger partial charge in [0.25, 0.3) is 5.60 Å². The van der Waals surface area contributed by atoms with E-state index in [1.165, 1.54) is 7.11 Å². The molecule has 1 aromatic rings. The van der Waals surface area contributed by atoms with Crippen LogP contribution in [-0.4, -0.2) is 46.0 Å². The highest BCUT2D eigenvalue weighted by Gasteiger charge is 2.52. The van der Waals surface area contributed by atoms with E-state index < -0.39 is 31.8 Å². The molecule has 0 amide bonds. The number of methoxy groups -OCH3 is 2. The van der Waals surface area contributed by atoms with E-state index in [1.807, 2.05) is 37.8 Å². The average molecular weight is 382 g/mol.